The van der Waals surface area contributed by atoms with Crippen LogP contribution in [0.25, 0.3) is 0 Å². The Morgan fingerprint density at radius 1 is 1.30 bits per heavy atom. The smallest absolute Gasteiger partial charge is 0.103 e. The van der Waals surface area contributed by atoms with Crippen LogP contribution in [0.5, 0.6) is 0 Å². The van der Waals surface area contributed by atoms with Gasteiger partial charge in [0.2, 0.25) is 0 Å². The Hall–Kier alpha value is -0.500. The minimum atomic E-state index is -0.274. The summed E-state index contributed by atoms with van der Waals surface area (Å²) in [7, 11) is 0. The Morgan fingerprint density at radius 2 is 1.80 bits per heavy atom. The fourth-order valence-corrected chi connectivity index (χ4v) is 1.29. The van der Waals surface area contributed by atoms with E-state index in [4.69, 9.17) is 10.5 Å². The zero-order valence-electron chi connectivity index (χ0n) is 7.06. The molecule has 1 heterocycles. The standard InChI is InChI=1S/C8H15NO/c1-7(2)5-6(9)8(3,4)10-7/h5H,9H2,1-4H3. The lowest BCUT2D eigenvalue weighted by molar-refractivity contribution is -0.0529. The van der Waals surface area contributed by atoms with Crippen LogP contribution in [0.3, 0.4) is 0 Å². The first kappa shape index (κ1) is 7.61. The molecule has 0 aromatic carbocycles. The van der Waals surface area contributed by atoms with Gasteiger partial charge in [0.25, 0.3) is 0 Å². The topological polar surface area (TPSA) is 35.2 Å². The predicted octanol–water partition coefficient (Wildman–Crippen LogP) is 1.42. The number of hydrogen-bond donors (Lipinski definition) is 1. The Balaban J connectivity index is 2.89. The van der Waals surface area contributed by atoms with Gasteiger partial charge in [-0.2, -0.15) is 0 Å². The average molecular weight is 141 g/mol. The Labute approximate surface area is 62.1 Å². The normalized spacial score (nSPS) is 28.2. The molecule has 58 valence electrons. The van der Waals surface area contributed by atoms with Gasteiger partial charge in [-0.1, -0.05) is 0 Å². The maximum atomic E-state index is 5.72. The van der Waals surface area contributed by atoms with Crippen LogP contribution in [0.1, 0.15) is 27.7 Å². The molecule has 0 aliphatic carbocycles. The van der Waals surface area contributed by atoms with Crippen molar-refractivity contribution in [1.82, 2.24) is 0 Å². The summed E-state index contributed by atoms with van der Waals surface area (Å²) in [6.07, 6.45) is 1.97. The van der Waals surface area contributed by atoms with Gasteiger partial charge in [0.1, 0.15) is 5.60 Å². The third-order valence-corrected chi connectivity index (χ3v) is 1.72. The van der Waals surface area contributed by atoms with Crippen LogP contribution in [0.2, 0.25) is 0 Å². The third-order valence-electron chi connectivity index (χ3n) is 1.72. The molecule has 2 heteroatoms. The lowest BCUT2D eigenvalue weighted by atomic mass is 10.1. The number of rotatable bonds is 0. The van der Waals surface area contributed by atoms with Gasteiger partial charge >= 0.3 is 0 Å². The highest BCUT2D eigenvalue weighted by atomic mass is 16.5. The Kier molecular flexibility index (Phi) is 1.34. The summed E-state index contributed by atoms with van der Waals surface area (Å²) in [6.45, 7) is 7.98. The fourth-order valence-electron chi connectivity index (χ4n) is 1.29. The van der Waals surface area contributed by atoms with E-state index in [2.05, 4.69) is 0 Å². The molecule has 1 rings (SSSR count). The van der Waals surface area contributed by atoms with Crippen molar-refractivity contribution in [2.24, 2.45) is 5.73 Å². The fraction of sp³-hybridized carbons (Fsp3) is 0.750. The molecule has 0 aromatic rings. The number of nitrogens with two attached hydrogens (primary N) is 1. The summed E-state index contributed by atoms with van der Waals surface area (Å²) in [5.74, 6) is 0. The molecular weight excluding hydrogens is 126 g/mol. The van der Waals surface area contributed by atoms with Gasteiger partial charge in [0, 0.05) is 5.70 Å². The molecule has 1 aliphatic heterocycles. The molecule has 2 nitrogen and oxygen atoms in total. The first-order valence-electron chi connectivity index (χ1n) is 3.52. The second-order valence-corrected chi connectivity index (χ2v) is 3.82. The minimum Gasteiger partial charge on any atom is -0.400 e. The van der Waals surface area contributed by atoms with Crippen LogP contribution in [0, 0.1) is 0 Å². The molecule has 0 saturated carbocycles. The van der Waals surface area contributed by atoms with Crippen molar-refractivity contribution in [3.05, 3.63) is 11.8 Å². The zero-order valence-corrected chi connectivity index (χ0v) is 7.06. The van der Waals surface area contributed by atoms with E-state index < -0.39 is 0 Å². The Morgan fingerprint density at radius 3 is 1.90 bits per heavy atom. The minimum absolute atomic E-state index is 0.187. The summed E-state index contributed by atoms with van der Waals surface area (Å²) >= 11 is 0. The van der Waals surface area contributed by atoms with E-state index in [9.17, 15) is 0 Å². The van der Waals surface area contributed by atoms with Crippen molar-refractivity contribution < 1.29 is 4.74 Å². The molecule has 0 atom stereocenters. The van der Waals surface area contributed by atoms with Crippen molar-refractivity contribution >= 4 is 0 Å². The molecular formula is C8H15NO. The molecule has 0 aromatic heterocycles. The summed E-state index contributed by atoms with van der Waals surface area (Å²) in [6, 6.07) is 0. The summed E-state index contributed by atoms with van der Waals surface area (Å²) in [4.78, 5) is 0. The van der Waals surface area contributed by atoms with E-state index in [1.807, 2.05) is 33.8 Å². The first-order chi connectivity index (χ1) is 4.33. The van der Waals surface area contributed by atoms with E-state index in [0.717, 1.165) is 5.70 Å². The highest BCUT2D eigenvalue weighted by Crippen LogP contribution is 2.33. The van der Waals surface area contributed by atoms with Crippen molar-refractivity contribution in [3.8, 4) is 0 Å². The average Bonchev–Trinajstić information content (AvgIpc) is 1.73. The zero-order chi connectivity index (χ0) is 7.99. The number of hydrogen-bond acceptors (Lipinski definition) is 2. The highest BCUT2D eigenvalue weighted by Gasteiger charge is 2.36. The monoisotopic (exact) mass is 141 g/mol. The van der Waals surface area contributed by atoms with Crippen LogP contribution in [-0.4, -0.2) is 11.2 Å². The van der Waals surface area contributed by atoms with Crippen LogP contribution in [-0.2, 0) is 4.74 Å². The van der Waals surface area contributed by atoms with Crippen LogP contribution >= 0.6 is 0 Å². The summed E-state index contributed by atoms with van der Waals surface area (Å²) < 4.78 is 5.63. The maximum absolute atomic E-state index is 5.72. The van der Waals surface area contributed by atoms with Gasteiger partial charge in [-0.25, -0.2) is 0 Å². The quantitative estimate of drug-likeness (QED) is 0.553. The van der Waals surface area contributed by atoms with Crippen LogP contribution in [0.15, 0.2) is 11.8 Å². The van der Waals surface area contributed by atoms with Gasteiger partial charge in [-0.3, -0.25) is 0 Å². The lowest BCUT2D eigenvalue weighted by Gasteiger charge is -2.25. The van der Waals surface area contributed by atoms with Gasteiger partial charge in [0.05, 0.1) is 5.60 Å². The van der Waals surface area contributed by atoms with E-state index in [1.54, 1.807) is 0 Å². The molecule has 0 unspecified atom stereocenters. The number of ether oxygens (including phenoxy) is 1. The third kappa shape index (κ3) is 1.16. The van der Waals surface area contributed by atoms with Crippen LogP contribution in [0.4, 0.5) is 0 Å². The highest BCUT2D eigenvalue weighted by molar-refractivity contribution is 5.21. The molecule has 0 saturated heterocycles. The summed E-state index contributed by atoms with van der Waals surface area (Å²) in [5, 5.41) is 0. The van der Waals surface area contributed by atoms with Crippen LogP contribution < -0.4 is 5.73 Å². The van der Waals surface area contributed by atoms with Crippen molar-refractivity contribution in [2.45, 2.75) is 38.9 Å². The van der Waals surface area contributed by atoms with E-state index in [0.29, 0.717) is 0 Å². The first-order valence-corrected chi connectivity index (χ1v) is 3.52. The molecule has 0 spiro atoms. The lowest BCUT2D eigenvalue weighted by Crippen LogP contribution is -2.31. The predicted molar refractivity (Wildman–Crippen MR) is 41.5 cm³/mol. The molecule has 0 fully saturated rings. The van der Waals surface area contributed by atoms with Gasteiger partial charge < -0.3 is 10.5 Å². The van der Waals surface area contributed by atoms with Crippen molar-refractivity contribution in [3.63, 3.8) is 0 Å². The van der Waals surface area contributed by atoms with E-state index >= 15 is 0 Å². The molecule has 0 bridgehead atoms. The van der Waals surface area contributed by atoms with Gasteiger partial charge in [-0.05, 0) is 33.8 Å². The molecule has 1 aliphatic rings. The molecule has 0 amide bonds. The second kappa shape index (κ2) is 1.76. The largest absolute Gasteiger partial charge is 0.400 e. The van der Waals surface area contributed by atoms with Gasteiger partial charge in [-0.15, -0.1) is 0 Å². The van der Waals surface area contributed by atoms with Crippen molar-refractivity contribution in [2.75, 3.05) is 0 Å². The SMILES string of the molecule is CC1(C)C=C(N)C(C)(C)O1. The second-order valence-electron chi connectivity index (χ2n) is 3.82. The maximum Gasteiger partial charge on any atom is 0.103 e. The van der Waals surface area contributed by atoms with Crippen molar-refractivity contribution in [1.29, 1.82) is 0 Å². The molecule has 0 radical (unpaired) electrons. The summed E-state index contributed by atoms with van der Waals surface area (Å²) in [5.41, 5.74) is 6.09. The molecule has 2 N–H and O–H groups in total. The van der Waals surface area contributed by atoms with Gasteiger partial charge in [0.15, 0.2) is 0 Å². The van der Waals surface area contributed by atoms with E-state index in [1.165, 1.54) is 0 Å². The molecule has 10 heavy (non-hydrogen) atoms. The Bertz CT molecular complexity index is 180. The van der Waals surface area contributed by atoms with E-state index in [-0.39, 0.29) is 11.2 Å².